The van der Waals surface area contributed by atoms with Crippen LogP contribution in [0.25, 0.3) is 10.8 Å². The predicted octanol–water partition coefficient (Wildman–Crippen LogP) is 2.48. The van der Waals surface area contributed by atoms with Crippen molar-refractivity contribution in [1.82, 2.24) is 14.9 Å². The summed E-state index contributed by atoms with van der Waals surface area (Å²) < 4.78 is 31.4. The Morgan fingerprint density at radius 1 is 1.12 bits per heavy atom. The number of hydrogen-bond donors (Lipinski definition) is 2. The number of pyridine rings is 2. The smallest absolute Gasteiger partial charge is 0.329 e. The van der Waals surface area contributed by atoms with Crippen molar-refractivity contribution in [3.63, 3.8) is 0 Å². The van der Waals surface area contributed by atoms with Crippen molar-refractivity contribution in [2.24, 2.45) is 0 Å². The quantitative estimate of drug-likeness (QED) is 0.273. The molecule has 0 radical (unpaired) electrons. The number of rotatable bonds is 10. The number of carbonyl (C=O) groups excluding carboxylic acids is 2. The van der Waals surface area contributed by atoms with Gasteiger partial charge in [-0.3, -0.25) is 9.10 Å². The fraction of sp³-hybridized carbons (Fsp3) is 0.448. The van der Waals surface area contributed by atoms with Gasteiger partial charge in [0, 0.05) is 37.6 Å². The van der Waals surface area contributed by atoms with E-state index in [0.29, 0.717) is 17.9 Å². The molecule has 41 heavy (non-hydrogen) atoms. The van der Waals surface area contributed by atoms with Crippen LogP contribution in [0.4, 0.5) is 17.3 Å². The molecule has 2 aromatic heterocycles. The number of likely N-dealkylation sites (tertiary alicyclic amines) is 1. The Kier molecular flexibility index (Phi) is 8.57. The number of hydrogen-bond acceptors (Lipinski definition) is 9. The summed E-state index contributed by atoms with van der Waals surface area (Å²) in [6, 6.07) is 7.42. The summed E-state index contributed by atoms with van der Waals surface area (Å²) in [4.78, 5) is 39.3. The van der Waals surface area contributed by atoms with E-state index in [-0.39, 0.29) is 26.0 Å². The number of fused-ring (bicyclic) bond motifs is 1. The number of benzene rings is 1. The van der Waals surface area contributed by atoms with Crippen LogP contribution in [0.15, 0.2) is 42.7 Å². The van der Waals surface area contributed by atoms with Crippen LogP contribution in [0.2, 0.25) is 0 Å². The monoisotopic (exact) mass is 580 g/mol. The average Bonchev–Trinajstić information content (AvgIpc) is 3.63. The van der Waals surface area contributed by atoms with Crippen molar-refractivity contribution < 1.29 is 22.7 Å². The number of amides is 1. The van der Waals surface area contributed by atoms with Crippen LogP contribution in [0.1, 0.15) is 44.2 Å². The number of anilines is 3. The number of aromatic nitrogens is 2. The Balaban J connectivity index is 1.43. The Hall–Kier alpha value is -3.93. The van der Waals surface area contributed by atoms with Gasteiger partial charge in [-0.05, 0) is 73.4 Å². The molecule has 2 saturated heterocycles. The Morgan fingerprint density at radius 2 is 1.90 bits per heavy atom. The summed E-state index contributed by atoms with van der Waals surface area (Å²) >= 11 is 0. The molecule has 0 saturated carbocycles. The Bertz CT molecular complexity index is 1500. The molecule has 0 aliphatic carbocycles. The number of aryl methyl sites for hydroxylation is 1. The second-order valence-electron chi connectivity index (χ2n) is 10.4. The molecule has 2 N–H and O–H groups in total. The zero-order chi connectivity index (χ0) is 29.1. The highest BCUT2D eigenvalue weighted by Crippen LogP contribution is 2.30. The predicted molar refractivity (Wildman–Crippen MR) is 158 cm³/mol. The number of carbonyl (C=O) groups is 2. The van der Waals surface area contributed by atoms with Gasteiger partial charge in [0.1, 0.15) is 23.7 Å². The van der Waals surface area contributed by atoms with Crippen molar-refractivity contribution in [3.05, 3.63) is 53.9 Å². The van der Waals surface area contributed by atoms with Gasteiger partial charge in [-0.25, -0.2) is 23.2 Å². The fourth-order valence-electron chi connectivity index (χ4n) is 5.88. The van der Waals surface area contributed by atoms with Gasteiger partial charge in [-0.15, -0.1) is 0 Å². The van der Waals surface area contributed by atoms with E-state index in [4.69, 9.17) is 10.5 Å². The maximum absolute atomic E-state index is 13.8. The summed E-state index contributed by atoms with van der Waals surface area (Å²) in [5.74, 6) is 0.262. The van der Waals surface area contributed by atoms with Crippen molar-refractivity contribution in [3.8, 4) is 0 Å². The minimum atomic E-state index is -3.14. The second kappa shape index (κ2) is 12.3. The molecule has 1 aromatic carbocycles. The first-order chi connectivity index (χ1) is 19.8. The number of nitrogens with two attached hydrogens (primary N) is 1. The highest BCUT2D eigenvalue weighted by molar-refractivity contribution is 7.74. The molecule has 0 bridgehead atoms. The maximum Gasteiger partial charge on any atom is 0.329 e. The average molecular weight is 581 g/mol. The van der Waals surface area contributed by atoms with E-state index in [1.165, 1.54) is 11.1 Å². The van der Waals surface area contributed by atoms with E-state index in [0.717, 1.165) is 58.0 Å². The van der Waals surface area contributed by atoms with E-state index < -0.39 is 34.9 Å². The zero-order valence-electron chi connectivity index (χ0n) is 23.4. The molecular formula is C29H36N6O5S. The number of ether oxygens (including phenoxy) is 1. The first kappa shape index (κ1) is 28.6. The molecule has 2 fully saturated rings. The minimum absolute atomic E-state index is 0.162. The van der Waals surface area contributed by atoms with Crippen LogP contribution in [-0.2, 0) is 38.1 Å². The van der Waals surface area contributed by atoms with Gasteiger partial charge in [-0.1, -0.05) is 13.0 Å². The van der Waals surface area contributed by atoms with E-state index in [1.807, 2.05) is 25.1 Å². The van der Waals surface area contributed by atoms with Crippen molar-refractivity contribution >= 4 is 50.9 Å². The van der Waals surface area contributed by atoms with Gasteiger partial charge in [0.2, 0.25) is 16.8 Å². The number of nitrogen functional groups attached to an aromatic ring is 1. The van der Waals surface area contributed by atoms with E-state index in [2.05, 4.69) is 14.9 Å². The van der Waals surface area contributed by atoms with Crippen LogP contribution in [-0.4, -0.2) is 73.5 Å². The molecule has 2 aliphatic rings. The molecule has 0 unspecified atom stereocenters. The third-order valence-corrected chi connectivity index (χ3v) is 8.82. The molecule has 2 aliphatic heterocycles. The normalized spacial score (nSPS) is 17.9. The van der Waals surface area contributed by atoms with Crippen LogP contribution in [0, 0.1) is 0 Å². The zero-order valence-corrected chi connectivity index (χ0v) is 24.3. The van der Waals surface area contributed by atoms with Gasteiger partial charge in [0.25, 0.3) is 0 Å². The highest BCUT2D eigenvalue weighted by Gasteiger charge is 2.43. The minimum Gasteiger partial charge on any atom is -0.464 e. The first-order valence-corrected chi connectivity index (χ1v) is 15.2. The van der Waals surface area contributed by atoms with Crippen molar-refractivity contribution in [2.45, 2.75) is 58.0 Å². The van der Waals surface area contributed by atoms with Gasteiger partial charge in [0.15, 0.2) is 0 Å². The van der Waals surface area contributed by atoms with Gasteiger partial charge in [-0.2, -0.15) is 0 Å². The number of thiol groups is 1. The number of nitrogens with zero attached hydrogens (tertiary/aromatic N) is 5. The largest absolute Gasteiger partial charge is 0.464 e. The fourth-order valence-corrected chi connectivity index (χ4v) is 6.63. The molecule has 0 spiro atoms. The highest BCUT2D eigenvalue weighted by atomic mass is 32.2. The molecule has 3 aromatic rings. The lowest BCUT2D eigenvalue weighted by Crippen LogP contribution is -2.48. The molecule has 1 amide bonds. The summed E-state index contributed by atoms with van der Waals surface area (Å²) in [5, 5.41) is 1.72. The Morgan fingerprint density at radius 3 is 2.56 bits per heavy atom. The second-order valence-corrected chi connectivity index (χ2v) is 11.3. The third-order valence-electron chi connectivity index (χ3n) is 7.95. The topological polar surface area (TPSA) is 139 Å². The number of esters is 1. The van der Waals surface area contributed by atoms with Crippen LogP contribution in [0.3, 0.4) is 0 Å². The summed E-state index contributed by atoms with van der Waals surface area (Å²) in [6.07, 6.45) is 6.49. The lowest BCUT2D eigenvalue weighted by molar-refractivity contribution is -0.153. The lowest BCUT2D eigenvalue weighted by atomic mass is 9.94. The van der Waals surface area contributed by atoms with Crippen molar-refractivity contribution in [1.29, 1.82) is 0 Å². The molecule has 4 heterocycles. The summed E-state index contributed by atoms with van der Waals surface area (Å²) in [5.41, 5.74) is 8.30. The Labute approximate surface area is 241 Å². The van der Waals surface area contributed by atoms with Gasteiger partial charge in [0.05, 0.1) is 18.5 Å². The molecule has 12 heteroatoms. The standard InChI is InChI=1S/C29H36N6O5S/c1-3-19-16-23-20(9-11-31-27(23)30)15-21(19)17-25(29(37)40-4-2)34-14-10-24(28(34)36)35(41(38)39)22-7-8-26(32-18-22)33-12-5-6-13-33/h7-9,11,15-16,18,24-25,41H,3-6,10,12-14,17H2,1-2H3,(H2,30,31)/t24-,25+/m0/s1. The molecule has 2 atom stereocenters. The van der Waals surface area contributed by atoms with E-state index in [1.54, 1.807) is 25.3 Å². The van der Waals surface area contributed by atoms with E-state index in [9.17, 15) is 18.0 Å². The molecular weight excluding hydrogens is 544 g/mol. The first-order valence-electron chi connectivity index (χ1n) is 14.1. The van der Waals surface area contributed by atoms with Crippen LogP contribution >= 0.6 is 0 Å². The van der Waals surface area contributed by atoms with Gasteiger partial charge >= 0.3 is 5.97 Å². The summed E-state index contributed by atoms with van der Waals surface area (Å²) in [6.45, 7) is 5.94. The SMILES string of the molecule is CCOC(=O)[C@@H](Cc1cc2ccnc(N)c2cc1CC)N1CC[C@H](N(c2ccc(N3CCCC3)nc2)[SH](=O)=O)C1=O. The van der Waals surface area contributed by atoms with Crippen LogP contribution in [0.5, 0.6) is 0 Å². The van der Waals surface area contributed by atoms with Crippen LogP contribution < -0.4 is 14.9 Å². The lowest BCUT2D eigenvalue weighted by Gasteiger charge is -2.29. The molecule has 5 rings (SSSR count). The van der Waals surface area contributed by atoms with E-state index >= 15 is 0 Å². The van der Waals surface area contributed by atoms with Gasteiger partial charge < -0.3 is 20.3 Å². The molecule has 11 nitrogen and oxygen atoms in total. The summed E-state index contributed by atoms with van der Waals surface area (Å²) in [7, 11) is -3.14. The third kappa shape index (κ3) is 5.79. The maximum atomic E-state index is 13.8. The molecule has 218 valence electrons. The van der Waals surface area contributed by atoms with Crippen molar-refractivity contribution in [2.75, 3.05) is 41.2 Å².